The van der Waals surface area contributed by atoms with Gasteiger partial charge in [-0.05, 0) is 53.2 Å². The third-order valence-corrected chi connectivity index (χ3v) is 10.5. The van der Waals surface area contributed by atoms with Crippen molar-refractivity contribution in [2.24, 2.45) is 5.92 Å². The summed E-state index contributed by atoms with van der Waals surface area (Å²) in [5.74, 6) is -2.99. The molecule has 0 spiro atoms. The van der Waals surface area contributed by atoms with Crippen LogP contribution in [0.5, 0.6) is 5.75 Å². The fourth-order valence-corrected chi connectivity index (χ4v) is 8.52. The van der Waals surface area contributed by atoms with Crippen LogP contribution in [-0.4, -0.2) is 39.5 Å². The van der Waals surface area contributed by atoms with E-state index in [1.807, 2.05) is 36.4 Å². The zero-order valence-corrected chi connectivity index (χ0v) is 25.9. The maximum absolute atomic E-state index is 14.1. The number of thiazole rings is 1. The van der Waals surface area contributed by atoms with Crippen LogP contribution in [0.15, 0.2) is 94.7 Å². The van der Waals surface area contributed by atoms with Crippen molar-refractivity contribution in [1.29, 1.82) is 0 Å². The number of nitro benzene ring substituents is 1. The van der Waals surface area contributed by atoms with Crippen LogP contribution in [0.4, 0.5) is 17.1 Å². The van der Waals surface area contributed by atoms with Gasteiger partial charge in [0.1, 0.15) is 11.0 Å². The summed E-state index contributed by atoms with van der Waals surface area (Å²) < 4.78 is 6.01. The lowest BCUT2D eigenvalue weighted by Crippen LogP contribution is -2.32. The predicted molar refractivity (Wildman–Crippen MR) is 175 cm³/mol. The summed E-state index contributed by atoms with van der Waals surface area (Å²) in [5.41, 5.74) is 1.04. The molecule has 3 atom stereocenters. The van der Waals surface area contributed by atoms with Crippen molar-refractivity contribution in [2.45, 2.75) is 16.2 Å². The van der Waals surface area contributed by atoms with E-state index in [2.05, 4.69) is 10.3 Å². The van der Waals surface area contributed by atoms with Crippen LogP contribution < -0.4 is 19.8 Å². The summed E-state index contributed by atoms with van der Waals surface area (Å²) in [4.78, 5) is 67.9. The zero-order chi connectivity index (χ0) is 32.1. The Morgan fingerprint density at radius 2 is 1.74 bits per heavy atom. The SMILES string of the molecule is O=C(COc1ccc(Cl)cc1[C@H]1c2sc(=O)[nH]c2SC2C(=O)N(c3ccc([N+](=O)[O-])cc3)C(=O)C21)Nc1ccc2ccccc2c1. The monoisotopic (exact) mass is 672 g/mol. The largest absolute Gasteiger partial charge is 0.483 e. The number of amides is 3. The van der Waals surface area contributed by atoms with Crippen molar-refractivity contribution >= 4 is 80.3 Å². The second kappa shape index (κ2) is 11.7. The van der Waals surface area contributed by atoms with Crippen molar-refractivity contribution in [1.82, 2.24) is 4.98 Å². The van der Waals surface area contributed by atoms with Crippen molar-refractivity contribution in [2.75, 3.05) is 16.8 Å². The Morgan fingerprint density at radius 1 is 0.978 bits per heavy atom. The highest BCUT2D eigenvalue weighted by Gasteiger charge is 2.57. The fourth-order valence-electron chi connectivity index (χ4n) is 5.83. The third-order valence-electron chi connectivity index (χ3n) is 7.84. The Labute approximate surface area is 273 Å². The molecule has 14 heteroatoms. The lowest BCUT2D eigenvalue weighted by Gasteiger charge is -2.31. The van der Waals surface area contributed by atoms with Crippen molar-refractivity contribution in [3.63, 3.8) is 0 Å². The summed E-state index contributed by atoms with van der Waals surface area (Å²) in [6, 6.07) is 23.2. The van der Waals surface area contributed by atoms with Gasteiger partial charge in [-0.15, -0.1) is 0 Å². The molecule has 1 aromatic heterocycles. The second-order valence-corrected chi connectivity index (χ2v) is 13.2. The molecule has 7 rings (SSSR count). The van der Waals surface area contributed by atoms with Gasteiger partial charge in [-0.1, -0.05) is 65.0 Å². The van der Waals surface area contributed by atoms with E-state index in [1.54, 1.807) is 24.3 Å². The van der Waals surface area contributed by atoms with Gasteiger partial charge in [0, 0.05) is 39.2 Å². The standard InChI is InChI=1S/C32H21ClN4O7S2/c33-18-6-12-23(44-15-24(38)34-19-7-5-16-3-1-2-4-17(16)13-19)22(14-18)25-26-28(45-29-27(25)46-32(41)35-29)31(40)36(30(26)39)20-8-10-21(11-9-20)37(42)43/h1-14,25-26,28H,15H2,(H,34,38)(H,35,41)/t25-,26?,28?/m1/s1. The number of carbonyl (C=O) groups excluding carboxylic acids is 3. The molecule has 2 aliphatic rings. The Hall–Kier alpha value is -4.98. The van der Waals surface area contributed by atoms with Crippen molar-refractivity contribution in [3.8, 4) is 5.75 Å². The first kappa shape index (κ1) is 29.7. The highest BCUT2D eigenvalue weighted by Crippen LogP contribution is 2.54. The lowest BCUT2D eigenvalue weighted by atomic mass is 9.82. The Morgan fingerprint density at radius 3 is 2.50 bits per heavy atom. The van der Waals surface area contributed by atoms with Gasteiger partial charge < -0.3 is 15.0 Å². The van der Waals surface area contributed by atoms with Crippen LogP contribution in [0.3, 0.4) is 0 Å². The minimum Gasteiger partial charge on any atom is -0.483 e. The van der Waals surface area contributed by atoms with E-state index in [0.29, 0.717) is 26.2 Å². The molecule has 0 bridgehead atoms. The predicted octanol–water partition coefficient (Wildman–Crippen LogP) is 5.96. The molecule has 1 saturated heterocycles. The number of anilines is 2. The molecule has 5 aromatic rings. The molecule has 0 aliphatic carbocycles. The molecule has 4 aromatic carbocycles. The van der Waals surface area contributed by atoms with Crippen LogP contribution in [0.1, 0.15) is 16.4 Å². The van der Waals surface area contributed by atoms with Gasteiger partial charge in [0.15, 0.2) is 6.61 Å². The molecule has 3 heterocycles. The van der Waals surface area contributed by atoms with Gasteiger partial charge in [0.2, 0.25) is 11.8 Å². The number of ether oxygens (including phenoxy) is 1. The van der Waals surface area contributed by atoms with Crippen LogP contribution in [-0.2, 0) is 14.4 Å². The minimum atomic E-state index is -0.959. The van der Waals surface area contributed by atoms with Crippen LogP contribution in [0.2, 0.25) is 5.02 Å². The first-order valence-electron chi connectivity index (χ1n) is 13.9. The summed E-state index contributed by atoms with van der Waals surface area (Å²) in [7, 11) is 0. The number of fused-ring (bicyclic) bond motifs is 3. The van der Waals surface area contributed by atoms with E-state index in [9.17, 15) is 29.3 Å². The number of rotatable bonds is 7. The quantitative estimate of drug-likeness (QED) is 0.122. The van der Waals surface area contributed by atoms with Gasteiger partial charge in [-0.2, -0.15) is 0 Å². The molecule has 3 amide bonds. The molecule has 2 aliphatic heterocycles. The number of aromatic nitrogens is 1. The smallest absolute Gasteiger partial charge is 0.305 e. The first-order valence-corrected chi connectivity index (χ1v) is 16.0. The number of benzene rings is 4. The summed E-state index contributed by atoms with van der Waals surface area (Å²) in [6.45, 7) is -0.366. The lowest BCUT2D eigenvalue weighted by molar-refractivity contribution is -0.384. The summed E-state index contributed by atoms with van der Waals surface area (Å²) >= 11 is 8.45. The average molecular weight is 673 g/mol. The highest BCUT2D eigenvalue weighted by molar-refractivity contribution is 8.00. The number of nitrogens with zero attached hydrogens (tertiary/aromatic N) is 2. The Balaban J connectivity index is 1.21. The topological polar surface area (TPSA) is 152 Å². The van der Waals surface area contributed by atoms with Gasteiger partial charge in [0.05, 0.1) is 21.6 Å². The zero-order valence-electron chi connectivity index (χ0n) is 23.5. The van der Waals surface area contributed by atoms with E-state index in [1.165, 1.54) is 24.3 Å². The maximum Gasteiger partial charge on any atom is 0.305 e. The molecule has 46 heavy (non-hydrogen) atoms. The number of nitro groups is 1. The molecule has 0 saturated carbocycles. The average Bonchev–Trinajstić information content (AvgIpc) is 3.54. The van der Waals surface area contributed by atoms with Crippen LogP contribution >= 0.6 is 34.7 Å². The Kier molecular flexibility index (Phi) is 7.59. The number of hydrogen-bond donors (Lipinski definition) is 2. The number of aromatic amines is 1. The molecular weight excluding hydrogens is 652 g/mol. The molecule has 1 fully saturated rings. The number of halogens is 1. The van der Waals surface area contributed by atoms with E-state index < -0.39 is 39.7 Å². The van der Waals surface area contributed by atoms with Gasteiger partial charge >= 0.3 is 4.87 Å². The highest BCUT2D eigenvalue weighted by atomic mass is 35.5. The first-order chi connectivity index (χ1) is 22.2. The molecule has 230 valence electrons. The molecular formula is C32H21ClN4O7S2. The number of thioether (sulfide) groups is 1. The number of nitrogens with one attached hydrogen (secondary N) is 2. The van der Waals surface area contributed by atoms with E-state index >= 15 is 0 Å². The van der Waals surface area contributed by atoms with Gasteiger partial charge in [-0.3, -0.25) is 29.3 Å². The molecule has 11 nitrogen and oxygen atoms in total. The van der Waals surface area contributed by atoms with Crippen molar-refractivity contribution in [3.05, 3.63) is 120 Å². The third kappa shape index (κ3) is 5.31. The minimum absolute atomic E-state index is 0.183. The second-order valence-electron chi connectivity index (χ2n) is 10.6. The summed E-state index contributed by atoms with van der Waals surface area (Å²) in [5, 5.41) is 15.9. The number of carbonyl (C=O) groups is 3. The molecule has 2 N–H and O–H groups in total. The van der Waals surface area contributed by atoms with Crippen LogP contribution in [0.25, 0.3) is 10.8 Å². The Bertz CT molecular complexity index is 2130. The number of hydrogen-bond acceptors (Lipinski definition) is 9. The number of imide groups is 1. The number of H-pyrrole nitrogens is 1. The van der Waals surface area contributed by atoms with Gasteiger partial charge in [-0.25, -0.2) is 4.90 Å². The maximum atomic E-state index is 14.1. The van der Waals surface area contributed by atoms with E-state index in [-0.39, 0.29) is 28.6 Å². The van der Waals surface area contributed by atoms with Gasteiger partial charge in [0.25, 0.3) is 11.6 Å². The number of non-ortho nitro benzene ring substituents is 1. The van der Waals surface area contributed by atoms with Crippen molar-refractivity contribution < 1.29 is 24.0 Å². The van der Waals surface area contributed by atoms with Crippen LogP contribution in [0, 0.1) is 16.0 Å². The molecule has 2 unspecified atom stereocenters. The van der Waals surface area contributed by atoms with E-state index in [4.69, 9.17) is 16.3 Å². The summed E-state index contributed by atoms with van der Waals surface area (Å²) in [6.07, 6.45) is 0. The normalized spacial score (nSPS) is 18.7. The molecule has 0 radical (unpaired) electrons. The fraction of sp³-hybridized carbons (Fsp3) is 0.125. The van der Waals surface area contributed by atoms with E-state index in [0.717, 1.165) is 38.8 Å².